The quantitative estimate of drug-likeness (QED) is 0.649. The van der Waals surface area contributed by atoms with Gasteiger partial charge in [-0.05, 0) is 30.2 Å². The fourth-order valence-electron chi connectivity index (χ4n) is 2.27. The van der Waals surface area contributed by atoms with Crippen LogP contribution >= 0.6 is 0 Å². The molecule has 146 valence electrons. The fourth-order valence-corrected chi connectivity index (χ4v) is 2.27. The van der Waals surface area contributed by atoms with Gasteiger partial charge in [-0.25, -0.2) is 33.2 Å². The van der Waals surface area contributed by atoms with E-state index in [4.69, 9.17) is 5.73 Å². The maximum atomic E-state index is 13.0. The number of ether oxygens (including phenoxy) is 1. The van der Waals surface area contributed by atoms with Gasteiger partial charge in [-0.1, -0.05) is 12.0 Å². The third-order valence-corrected chi connectivity index (χ3v) is 3.63. The first-order valence-electron chi connectivity index (χ1n) is 8.31. The molecule has 9 nitrogen and oxygen atoms in total. The van der Waals surface area contributed by atoms with Gasteiger partial charge in [-0.2, -0.15) is 5.10 Å². The second-order valence-electron chi connectivity index (χ2n) is 5.68. The van der Waals surface area contributed by atoms with Crippen molar-refractivity contribution in [1.29, 1.82) is 0 Å². The van der Waals surface area contributed by atoms with Gasteiger partial charge >= 0.3 is 11.8 Å². The molecule has 0 aliphatic rings. The Kier molecular flexibility index (Phi) is 6.12. The van der Waals surface area contributed by atoms with E-state index in [1.807, 2.05) is 6.07 Å². The monoisotopic (exact) mass is 394 g/mol. The van der Waals surface area contributed by atoms with Crippen molar-refractivity contribution in [3.05, 3.63) is 82.7 Å². The lowest BCUT2D eigenvalue weighted by molar-refractivity contribution is 0.164. The Balaban J connectivity index is 1.81. The van der Waals surface area contributed by atoms with Crippen molar-refractivity contribution in [2.75, 3.05) is 6.61 Å². The number of hydrogen-bond donors (Lipinski definition) is 1. The molecular formula is C19H15FN6O3. The molecular weight excluding hydrogens is 379 g/mol. The zero-order valence-electron chi connectivity index (χ0n) is 15.0. The second-order valence-corrected chi connectivity index (χ2v) is 5.68. The summed E-state index contributed by atoms with van der Waals surface area (Å²) in [5.41, 5.74) is 5.55. The SMILES string of the molecule is NC(=O)OCC(=CF)Cn1ncn(-c2cc(C#Cc3ccccn3)ccn2)c1=O. The number of nitrogens with two attached hydrogens (primary N) is 1. The summed E-state index contributed by atoms with van der Waals surface area (Å²) in [6.45, 7) is -0.600. The molecule has 0 aliphatic heterocycles. The lowest BCUT2D eigenvalue weighted by atomic mass is 10.2. The summed E-state index contributed by atoms with van der Waals surface area (Å²) in [5, 5.41) is 3.93. The van der Waals surface area contributed by atoms with Crippen molar-refractivity contribution in [1.82, 2.24) is 24.3 Å². The number of pyridine rings is 2. The summed E-state index contributed by atoms with van der Waals surface area (Å²) >= 11 is 0. The Morgan fingerprint density at radius 3 is 2.83 bits per heavy atom. The number of halogens is 1. The summed E-state index contributed by atoms with van der Waals surface area (Å²) in [5.74, 6) is 6.17. The molecule has 0 saturated heterocycles. The molecule has 0 bridgehead atoms. The van der Waals surface area contributed by atoms with E-state index in [9.17, 15) is 14.0 Å². The molecule has 1 amide bonds. The van der Waals surface area contributed by atoms with Crippen molar-refractivity contribution in [2.45, 2.75) is 6.54 Å². The third kappa shape index (κ3) is 5.14. The number of nitrogens with zero attached hydrogens (tertiary/aromatic N) is 5. The fraction of sp³-hybridized carbons (Fsp3) is 0.105. The van der Waals surface area contributed by atoms with Crippen LogP contribution in [0.3, 0.4) is 0 Å². The number of rotatable bonds is 5. The molecule has 0 aromatic carbocycles. The Morgan fingerprint density at radius 1 is 1.24 bits per heavy atom. The van der Waals surface area contributed by atoms with E-state index in [0.717, 1.165) is 4.68 Å². The van der Waals surface area contributed by atoms with E-state index in [0.29, 0.717) is 17.1 Å². The van der Waals surface area contributed by atoms with E-state index >= 15 is 0 Å². The number of aromatic nitrogens is 5. The molecule has 0 saturated carbocycles. The molecule has 2 N–H and O–H groups in total. The first-order valence-corrected chi connectivity index (χ1v) is 8.31. The molecule has 0 fully saturated rings. The number of primary amides is 1. The van der Waals surface area contributed by atoms with Gasteiger partial charge in [0.25, 0.3) is 0 Å². The van der Waals surface area contributed by atoms with Crippen LogP contribution < -0.4 is 11.4 Å². The normalized spacial score (nSPS) is 10.9. The van der Waals surface area contributed by atoms with E-state index in [1.54, 1.807) is 30.5 Å². The zero-order valence-corrected chi connectivity index (χ0v) is 15.0. The minimum absolute atomic E-state index is 0.0130. The molecule has 0 spiro atoms. The summed E-state index contributed by atoms with van der Waals surface area (Å²) in [4.78, 5) is 31.5. The Labute approximate surface area is 164 Å². The molecule has 0 radical (unpaired) electrons. The molecule has 0 unspecified atom stereocenters. The van der Waals surface area contributed by atoms with Crippen LogP contribution in [0.1, 0.15) is 11.3 Å². The maximum Gasteiger partial charge on any atom is 0.404 e. The van der Waals surface area contributed by atoms with E-state index < -0.39 is 11.8 Å². The number of hydrogen-bond acceptors (Lipinski definition) is 6. The van der Waals surface area contributed by atoms with Gasteiger partial charge in [0.1, 0.15) is 24.4 Å². The average molecular weight is 394 g/mol. The summed E-state index contributed by atoms with van der Waals surface area (Å²) in [6.07, 6.45) is 3.60. The Hall–Kier alpha value is -4.26. The van der Waals surface area contributed by atoms with Crippen LogP contribution in [0.5, 0.6) is 0 Å². The van der Waals surface area contributed by atoms with Crippen LogP contribution in [0, 0.1) is 11.8 Å². The average Bonchev–Trinajstić information content (AvgIpc) is 3.10. The molecule has 29 heavy (non-hydrogen) atoms. The summed E-state index contributed by atoms with van der Waals surface area (Å²) in [6, 6.07) is 8.72. The van der Waals surface area contributed by atoms with Crippen molar-refractivity contribution in [2.24, 2.45) is 5.73 Å². The molecule has 10 heteroatoms. The highest BCUT2D eigenvalue weighted by Gasteiger charge is 2.11. The molecule has 3 aromatic heterocycles. The largest absolute Gasteiger partial charge is 0.445 e. The molecule has 0 aliphatic carbocycles. The smallest absolute Gasteiger partial charge is 0.404 e. The summed E-state index contributed by atoms with van der Waals surface area (Å²) in [7, 11) is 0. The number of carbonyl (C=O) groups is 1. The highest BCUT2D eigenvalue weighted by Crippen LogP contribution is 2.05. The Morgan fingerprint density at radius 2 is 2.10 bits per heavy atom. The molecule has 0 atom stereocenters. The van der Waals surface area contributed by atoms with Crippen LogP contribution in [-0.4, -0.2) is 37.0 Å². The van der Waals surface area contributed by atoms with Gasteiger partial charge in [0, 0.05) is 23.5 Å². The first kappa shape index (κ1) is 19.5. The number of amides is 1. The second kappa shape index (κ2) is 9.09. The Bertz CT molecular complexity index is 1160. The minimum atomic E-state index is -1.05. The van der Waals surface area contributed by atoms with Crippen molar-refractivity contribution >= 4 is 6.09 Å². The zero-order chi connectivity index (χ0) is 20.6. The van der Waals surface area contributed by atoms with Gasteiger partial charge in [0.05, 0.1) is 12.9 Å². The van der Waals surface area contributed by atoms with Crippen LogP contribution in [0.2, 0.25) is 0 Å². The lowest BCUT2D eigenvalue weighted by Gasteiger charge is -2.05. The van der Waals surface area contributed by atoms with Gasteiger partial charge in [0.2, 0.25) is 0 Å². The predicted octanol–water partition coefficient (Wildman–Crippen LogP) is 1.17. The van der Waals surface area contributed by atoms with Crippen molar-refractivity contribution < 1.29 is 13.9 Å². The molecule has 3 rings (SSSR count). The maximum absolute atomic E-state index is 13.0. The van der Waals surface area contributed by atoms with Crippen LogP contribution in [0.15, 0.2) is 65.8 Å². The molecule has 3 aromatic rings. The van der Waals surface area contributed by atoms with E-state index in [-0.39, 0.29) is 25.1 Å². The van der Waals surface area contributed by atoms with Crippen molar-refractivity contribution in [3.8, 4) is 17.7 Å². The van der Waals surface area contributed by atoms with E-state index in [1.165, 1.54) is 17.1 Å². The highest BCUT2D eigenvalue weighted by atomic mass is 19.1. The van der Waals surface area contributed by atoms with Gasteiger partial charge in [0.15, 0.2) is 0 Å². The van der Waals surface area contributed by atoms with Gasteiger partial charge in [-0.3, -0.25) is 0 Å². The standard InChI is InChI=1S/C19H15FN6O3/c20-10-15(12-29-18(21)27)11-26-19(28)25(13-24-26)17-9-14(6-8-23-17)4-5-16-3-1-2-7-22-16/h1-3,6-10,13H,11-12H2,(H2,21,27). The number of carbonyl (C=O) groups excluding carboxylic acids is 1. The summed E-state index contributed by atoms with van der Waals surface area (Å²) < 4.78 is 19.7. The van der Waals surface area contributed by atoms with E-state index in [2.05, 4.69) is 31.6 Å². The van der Waals surface area contributed by atoms with Crippen LogP contribution in [0.25, 0.3) is 5.82 Å². The van der Waals surface area contributed by atoms with Crippen LogP contribution in [-0.2, 0) is 11.3 Å². The van der Waals surface area contributed by atoms with Crippen molar-refractivity contribution in [3.63, 3.8) is 0 Å². The van der Waals surface area contributed by atoms with Crippen LogP contribution in [0.4, 0.5) is 9.18 Å². The minimum Gasteiger partial charge on any atom is -0.445 e. The van der Waals surface area contributed by atoms with Gasteiger partial charge in [-0.15, -0.1) is 0 Å². The topological polar surface area (TPSA) is 118 Å². The predicted molar refractivity (Wildman–Crippen MR) is 101 cm³/mol. The third-order valence-electron chi connectivity index (χ3n) is 3.63. The highest BCUT2D eigenvalue weighted by molar-refractivity contribution is 5.64. The lowest BCUT2D eigenvalue weighted by Crippen LogP contribution is -2.26. The first-order chi connectivity index (χ1) is 14.1. The van der Waals surface area contributed by atoms with Gasteiger partial charge < -0.3 is 10.5 Å². The molecule has 3 heterocycles.